The van der Waals surface area contributed by atoms with Gasteiger partial charge in [-0.05, 0) is 42.9 Å². The Balaban J connectivity index is 0.000000360. The average Bonchev–Trinajstić information content (AvgIpc) is 3.12. The summed E-state index contributed by atoms with van der Waals surface area (Å²) in [5.74, 6) is -1.79. The van der Waals surface area contributed by atoms with Gasteiger partial charge in [0.2, 0.25) is 0 Å². The zero-order chi connectivity index (χ0) is 23.2. The minimum absolute atomic E-state index is 0.0387. The second kappa shape index (κ2) is 10.9. The molecule has 1 aromatic carbocycles. The molecule has 1 aromatic rings. The summed E-state index contributed by atoms with van der Waals surface area (Å²) in [5.41, 5.74) is 0.989. The Morgan fingerprint density at radius 3 is 2.47 bits per heavy atom. The zero-order valence-corrected chi connectivity index (χ0v) is 17.8. The van der Waals surface area contributed by atoms with Crippen LogP contribution in [0.2, 0.25) is 0 Å². The summed E-state index contributed by atoms with van der Waals surface area (Å²) in [4.78, 5) is 11.2. The maximum atomic E-state index is 13.3. The molecule has 0 amide bonds. The quantitative estimate of drug-likeness (QED) is 0.652. The number of hydrogen-bond donors (Lipinski definition) is 1. The van der Waals surface area contributed by atoms with Crippen molar-refractivity contribution in [3.05, 3.63) is 35.6 Å². The molecular weight excluding hydrogens is 434 g/mol. The van der Waals surface area contributed by atoms with Crippen LogP contribution >= 0.6 is 0 Å². The van der Waals surface area contributed by atoms with Crippen molar-refractivity contribution in [2.45, 2.75) is 37.6 Å². The Kier molecular flexibility index (Phi) is 8.49. The molecule has 3 heterocycles. The number of carboxylic acid groups (broad SMARTS) is 1. The van der Waals surface area contributed by atoms with Crippen molar-refractivity contribution < 1.29 is 41.7 Å². The Hall–Kier alpha value is -1.75. The number of carbonyl (C=O) groups is 1. The molecule has 10 heteroatoms. The lowest BCUT2D eigenvalue weighted by atomic mass is 9.81. The third kappa shape index (κ3) is 6.87. The van der Waals surface area contributed by atoms with Gasteiger partial charge in [0.1, 0.15) is 5.82 Å². The van der Waals surface area contributed by atoms with E-state index in [0.29, 0.717) is 11.8 Å². The van der Waals surface area contributed by atoms with E-state index in [0.717, 1.165) is 77.5 Å². The standard InChI is InChI=1S/C20H28FNO3.C2HF3O2/c21-19-3-1-2-17(10-19)11-22-14-20(15-22)18(6-9-25-20)13-24-12-16-4-7-23-8-5-16;3-2(4,5)1(6)7/h1-3,10,16,18H,4-9,11-15H2;(H,6,7). The summed E-state index contributed by atoms with van der Waals surface area (Å²) in [6.07, 6.45) is -1.76. The molecule has 1 unspecified atom stereocenters. The maximum absolute atomic E-state index is 13.3. The van der Waals surface area contributed by atoms with Gasteiger partial charge in [-0.25, -0.2) is 9.18 Å². The summed E-state index contributed by atoms with van der Waals surface area (Å²) >= 11 is 0. The molecule has 3 saturated heterocycles. The first kappa shape index (κ1) is 24.9. The molecule has 3 aliphatic heterocycles. The molecule has 1 N–H and O–H groups in total. The second-order valence-electron chi connectivity index (χ2n) is 8.57. The van der Waals surface area contributed by atoms with Gasteiger partial charge in [0.25, 0.3) is 0 Å². The predicted molar refractivity (Wildman–Crippen MR) is 107 cm³/mol. The number of hydrogen-bond acceptors (Lipinski definition) is 5. The molecule has 0 bridgehead atoms. The number of aliphatic carboxylic acids is 1. The topological polar surface area (TPSA) is 68.2 Å². The fourth-order valence-electron chi connectivity index (χ4n) is 4.38. The molecule has 1 atom stereocenters. The van der Waals surface area contributed by atoms with Gasteiger partial charge in [0.05, 0.1) is 12.2 Å². The number of alkyl halides is 3. The van der Waals surface area contributed by atoms with Gasteiger partial charge in [-0.2, -0.15) is 13.2 Å². The molecule has 0 aliphatic carbocycles. The summed E-state index contributed by atoms with van der Waals surface area (Å²) in [6, 6.07) is 6.87. The van der Waals surface area contributed by atoms with Crippen LogP contribution in [0.3, 0.4) is 0 Å². The van der Waals surface area contributed by atoms with Crippen LogP contribution in [0.5, 0.6) is 0 Å². The van der Waals surface area contributed by atoms with Crippen LogP contribution in [-0.4, -0.2) is 73.9 Å². The van der Waals surface area contributed by atoms with E-state index in [4.69, 9.17) is 24.1 Å². The Labute approximate surface area is 184 Å². The maximum Gasteiger partial charge on any atom is 0.490 e. The van der Waals surface area contributed by atoms with Crippen LogP contribution in [0.1, 0.15) is 24.8 Å². The van der Waals surface area contributed by atoms with Crippen LogP contribution < -0.4 is 0 Å². The van der Waals surface area contributed by atoms with Crippen molar-refractivity contribution in [3.63, 3.8) is 0 Å². The molecule has 1 spiro atoms. The Bertz CT molecular complexity index is 748. The fraction of sp³-hybridized carbons (Fsp3) is 0.682. The first-order valence-electron chi connectivity index (χ1n) is 10.7. The predicted octanol–water partition coefficient (Wildman–Crippen LogP) is 3.49. The summed E-state index contributed by atoms with van der Waals surface area (Å²) in [5, 5.41) is 7.12. The van der Waals surface area contributed by atoms with Crippen LogP contribution in [0.15, 0.2) is 24.3 Å². The van der Waals surface area contributed by atoms with Crippen LogP contribution in [-0.2, 0) is 25.5 Å². The number of likely N-dealkylation sites (tertiary alicyclic amines) is 1. The third-order valence-corrected chi connectivity index (χ3v) is 6.13. The van der Waals surface area contributed by atoms with Crippen LogP contribution in [0, 0.1) is 17.7 Å². The van der Waals surface area contributed by atoms with E-state index in [1.807, 2.05) is 6.07 Å². The molecule has 0 aromatic heterocycles. The highest BCUT2D eigenvalue weighted by Gasteiger charge is 2.52. The highest BCUT2D eigenvalue weighted by molar-refractivity contribution is 5.73. The van der Waals surface area contributed by atoms with Gasteiger partial charge in [-0.1, -0.05) is 12.1 Å². The van der Waals surface area contributed by atoms with Crippen molar-refractivity contribution in [3.8, 4) is 0 Å². The number of halogens is 4. The van der Waals surface area contributed by atoms with E-state index in [2.05, 4.69) is 4.90 Å². The number of rotatable bonds is 6. The summed E-state index contributed by atoms with van der Waals surface area (Å²) in [6.45, 7) is 6.87. The van der Waals surface area contributed by atoms with Crippen LogP contribution in [0.25, 0.3) is 0 Å². The summed E-state index contributed by atoms with van der Waals surface area (Å²) in [7, 11) is 0. The van der Waals surface area contributed by atoms with Gasteiger partial charge in [0, 0.05) is 52.0 Å². The molecule has 4 rings (SSSR count). The van der Waals surface area contributed by atoms with E-state index in [-0.39, 0.29) is 11.4 Å². The van der Waals surface area contributed by atoms with Gasteiger partial charge in [-0.15, -0.1) is 0 Å². The van der Waals surface area contributed by atoms with E-state index < -0.39 is 12.1 Å². The molecule has 6 nitrogen and oxygen atoms in total. The van der Waals surface area contributed by atoms with Gasteiger partial charge < -0.3 is 19.3 Å². The monoisotopic (exact) mass is 463 g/mol. The van der Waals surface area contributed by atoms with E-state index in [1.54, 1.807) is 12.1 Å². The van der Waals surface area contributed by atoms with Crippen molar-refractivity contribution in [1.82, 2.24) is 4.90 Å². The van der Waals surface area contributed by atoms with Crippen molar-refractivity contribution in [2.24, 2.45) is 11.8 Å². The largest absolute Gasteiger partial charge is 0.490 e. The fourth-order valence-corrected chi connectivity index (χ4v) is 4.38. The number of ether oxygens (including phenoxy) is 3. The lowest BCUT2D eigenvalue weighted by Crippen LogP contribution is -2.64. The number of benzene rings is 1. The SMILES string of the molecule is Fc1cccc(CN2CC3(C2)OCCC3COCC2CCOCC2)c1.O=C(O)C(F)(F)F. The number of nitrogens with zero attached hydrogens (tertiary/aromatic N) is 1. The molecule has 3 fully saturated rings. The van der Waals surface area contributed by atoms with Crippen LogP contribution in [0.4, 0.5) is 17.6 Å². The van der Waals surface area contributed by atoms with Crippen molar-refractivity contribution >= 4 is 5.97 Å². The highest BCUT2D eigenvalue weighted by atomic mass is 19.4. The minimum Gasteiger partial charge on any atom is -0.475 e. The molecule has 32 heavy (non-hydrogen) atoms. The zero-order valence-electron chi connectivity index (χ0n) is 17.8. The first-order chi connectivity index (χ1) is 15.2. The lowest BCUT2D eigenvalue weighted by Gasteiger charge is -2.50. The Morgan fingerprint density at radius 2 is 1.84 bits per heavy atom. The van der Waals surface area contributed by atoms with E-state index in [9.17, 15) is 17.6 Å². The van der Waals surface area contributed by atoms with Gasteiger partial charge in [0.15, 0.2) is 0 Å². The molecule has 0 saturated carbocycles. The molecule has 180 valence electrons. The number of carboxylic acids is 1. The van der Waals surface area contributed by atoms with Crippen molar-refractivity contribution in [2.75, 3.05) is 46.1 Å². The Morgan fingerprint density at radius 1 is 1.16 bits per heavy atom. The molecule has 0 radical (unpaired) electrons. The minimum atomic E-state index is -5.08. The average molecular weight is 463 g/mol. The molecule has 3 aliphatic rings. The van der Waals surface area contributed by atoms with Gasteiger partial charge in [-0.3, -0.25) is 4.90 Å². The normalized spacial score (nSPS) is 23.4. The summed E-state index contributed by atoms with van der Waals surface area (Å²) < 4.78 is 62.6. The third-order valence-electron chi connectivity index (χ3n) is 6.13. The smallest absolute Gasteiger partial charge is 0.475 e. The van der Waals surface area contributed by atoms with E-state index >= 15 is 0 Å². The van der Waals surface area contributed by atoms with Gasteiger partial charge >= 0.3 is 12.1 Å². The van der Waals surface area contributed by atoms with E-state index in [1.165, 1.54) is 6.07 Å². The highest BCUT2D eigenvalue weighted by Crippen LogP contribution is 2.40. The van der Waals surface area contributed by atoms with Crippen molar-refractivity contribution in [1.29, 1.82) is 0 Å². The lowest BCUT2D eigenvalue weighted by molar-refractivity contribution is -0.192. The first-order valence-corrected chi connectivity index (χ1v) is 10.7. The molecular formula is C22H29F4NO5. The second-order valence-corrected chi connectivity index (χ2v) is 8.57.